The summed E-state index contributed by atoms with van der Waals surface area (Å²) in [6, 6.07) is 44.7. The monoisotopic (exact) mass is 539 g/mol. The van der Waals surface area contributed by atoms with Crippen LogP contribution in [-0.2, 0) is 0 Å². The van der Waals surface area contributed by atoms with Crippen molar-refractivity contribution in [1.82, 2.24) is 15.0 Å². The number of hydrogen-bond acceptors (Lipinski definition) is 4. The van der Waals surface area contributed by atoms with Crippen molar-refractivity contribution in [2.24, 2.45) is 0 Å². The Bertz CT molecular complexity index is 2240. The first-order chi connectivity index (χ1) is 20.3. The zero-order valence-corrected chi connectivity index (χ0v) is 22.7. The van der Waals surface area contributed by atoms with Crippen LogP contribution in [0, 0.1) is 0 Å². The number of hydrogen-bond donors (Lipinski definition) is 0. The number of rotatable bonds is 3. The third kappa shape index (κ3) is 3.35. The number of aromatic nitrogens is 3. The highest BCUT2D eigenvalue weighted by atomic mass is 32.1. The largest absolute Gasteiger partial charge is 0.208 e. The topological polar surface area (TPSA) is 38.7 Å². The zero-order chi connectivity index (χ0) is 26.9. The third-order valence-electron chi connectivity index (χ3n) is 8.05. The Morgan fingerprint density at radius 2 is 1.02 bits per heavy atom. The summed E-state index contributed by atoms with van der Waals surface area (Å²) in [7, 11) is 0. The first-order valence-electron chi connectivity index (χ1n) is 13.7. The lowest BCUT2D eigenvalue weighted by Gasteiger charge is -2.14. The van der Waals surface area contributed by atoms with E-state index in [1.807, 2.05) is 47.7 Å². The normalized spacial score (nSPS) is 11.9. The van der Waals surface area contributed by atoms with Crippen molar-refractivity contribution in [1.29, 1.82) is 0 Å². The maximum atomic E-state index is 5.22. The molecular formula is C37H21N3S. The van der Waals surface area contributed by atoms with Crippen LogP contribution in [0.2, 0.25) is 0 Å². The van der Waals surface area contributed by atoms with Crippen LogP contribution in [0.25, 0.3) is 87.4 Å². The third-order valence-corrected chi connectivity index (χ3v) is 9.17. The van der Waals surface area contributed by atoms with E-state index >= 15 is 0 Å². The molecule has 0 saturated heterocycles. The molecule has 9 rings (SSSR count). The molecule has 1 aliphatic carbocycles. The second kappa shape index (κ2) is 8.65. The standard InChI is InChI=1S/C37H21N3S/c1-3-11-23(12-4-1)35-38-36(24-13-5-2-6-14-24)40-37(39-35)34-32-27-19-10-16-22-15-9-18-25(31(22)27)28(32)21-30-33(34)26-17-7-8-20-29(26)41-30/h1-21H. The Hall–Kier alpha value is -5.19. The second-order valence-electron chi connectivity index (χ2n) is 10.4. The summed E-state index contributed by atoms with van der Waals surface area (Å²) in [6.07, 6.45) is 0. The van der Waals surface area contributed by atoms with E-state index in [1.165, 1.54) is 53.2 Å². The number of benzene rings is 6. The second-order valence-corrected chi connectivity index (χ2v) is 11.5. The summed E-state index contributed by atoms with van der Waals surface area (Å²) in [4.78, 5) is 15.4. The van der Waals surface area contributed by atoms with Crippen molar-refractivity contribution in [2.45, 2.75) is 0 Å². The minimum absolute atomic E-state index is 0.675. The number of fused-ring (bicyclic) bond motifs is 6. The van der Waals surface area contributed by atoms with Crippen molar-refractivity contribution in [2.75, 3.05) is 0 Å². The molecule has 0 amide bonds. The molecule has 0 unspecified atom stereocenters. The van der Waals surface area contributed by atoms with Crippen LogP contribution in [0.3, 0.4) is 0 Å². The van der Waals surface area contributed by atoms with E-state index in [9.17, 15) is 0 Å². The van der Waals surface area contributed by atoms with Crippen LogP contribution in [0.5, 0.6) is 0 Å². The lowest BCUT2D eigenvalue weighted by atomic mass is 9.93. The molecule has 0 bridgehead atoms. The number of nitrogens with zero attached hydrogens (tertiary/aromatic N) is 3. The predicted molar refractivity (Wildman–Crippen MR) is 171 cm³/mol. The smallest absolute Gasteiger partial charge is 0.165 e. The van der Waals surface area contributed by atoms with Gasteiger partial charge in [0.05, 0.1) is 0 Å². The SMILES string of the molecule is c1ccc(-c2nc(-c3ccccc3)nc(-c3c4c(cc5sc6ccccc6c35)-c3cccc5cccc-4c35)n2)cc1. The molecule has 1 aliphatic rings. The highest BCUT2D eigenvalue weighted by molar-refractivity contribution is 7.26. The van der Waals surface area contributed by atoms with Crippen molar-refractivity contribution >= 4 is 42.3 Å². The lowest BCUT2D eigenvalue weighted by molar-refractivity contribution is 1.08. The van der Waals surface area contributed by atoms with E-state index in [0.717, 1.165) is 16.7 Å². The van der Waals surface area contributed by atoms with Gasteiger partial charge in [0.1, 0.15) is 0 Å². The Balaban J connectivity index is 1.46. The van der Waals surface area contributed by atoms with Crippen LogP contribution >= 0.6 is 11.3 Å². The van der Waals surface area contributed by atoms with Gasteiger partial charge in [-0.2, -0.15) is 0 Å². The van der Waals surface area contributed by atoms with Crippen LogP contribution in [0.1, 0.15) is 0 Å². The van der Waals surface area contributed by atoms with Gasteiger partial charge in [-0.3, -0.25) is 0 Å². The maximum Gasteiger partial charge on any atom is 0.165 e. The van der Waals surface area contributed by atoms with Crippen LogP contribution in [0.15, 0.2) is 127 Å². The molecular weight excluding hydrogens is 518 g/mol. The molecule has 0 atom stereocenters. The molecule has 41 heavy (non-hydrogen) atoms. The zero-order valence-electron chi connectivity index (χ0n) is 21.9. The average Bonchev–Trinajstić information content (AvgIpc) is 3.57. The Morgan fingerprint density at radius 3 is 1.73 bits per heavy atom. The number of thiophene rings is 1. The quantitative estimate of drug-likeness (QED) is 0.224. The highest BCUT2D eigenvalue weighted by Crippen LogP contribution is 2.55. The minimum Gasteiger partial charge on any atom is -0.208 e. The van der Waals surface area contributed by atoms with Gasteiger partial charge in [0.25, 0.3) is 0 Å². The van der Waals surface area contributed by atoms with Crippen molar-refractivity contribution in [3.63, 3.8) is 0 Å². The molecule has 0 radical (unpaired) electrons. The molecule has 0 N–H and O–H groups in total. The molecule has 2 heterocycles. The fourth-order valence-corrected chi connectivity index (χ4v) is 7.45. The Labute approximate surface area is 240 Å². The molecule has 8 aromatic rings. The summed E-state index contributed by atoms with van der Waals surface area (Å²) < 4.78 is 2.51. The van der Waals surface area contributed by atoms with Gasteiger partial charge in [0.2, 0.25) is 0 Å². The van der Waals surface area contributed by atoms with E-state index in [0.29, 0.717) is 17.5 Å². The van der Waals surface area contributed by atoms with Gasteiger partial charge in [-0.15, -0.1) is 11.3 Å². The Kier molecular flexibility index (Phi) is 4.77. The first-order valence-corrected chi connectivity index (χ1v) is 14.5. The maximum absolute atomic E-state index is 5.22. The van der Waals surface area contributed by atoms with Crippen LogP contribution < -0.4 is 0 Å². The summed E-state index contributed by atoms with van der Waals surface area (Å²) in [5.41, 5.74) is 7.98. The molecule has 0 fully saturated rings. The van der Waals surface area contributed by atoms with Gasteiger partial charge >= 0.3 is 0 Å². The molecule has 6 aromatic carbocycles. The molecule has 2 aromatic heterocycles. The molecule has 4 heteroatoms. The van der Waals surface area contributed by atoms with Gasteiger partial charge in [-0.1, -0.05) is 115 Å². The van der Waals surface area contributed by atoms with E-state index in [1.54, 1.807) is 0 Å². The molecule has 0 aliphatic heterocycles. The van der Waals surface area contributed by atoms with Gasteiger partial charge in [0, 0.05) is 42.4 Å². The van der Waals surface area contributed by atoms with Gasteiger partial charge in [-0.05, 0) is 39.6 Å². The van der Waals surface area contributed by atoms with E-state index in [-0.39, 0.29) is 0 Å². The van der Waals surface area contributed by atoms with Gasteiger partial charge in [0.15, 0.2) is 17.5 Å². The molecule has 0 saturated carbocycles. The fourth-order valence-electron chi connectivity index (χ4n) is 6.30. The predicted octanol–water partition coefficient (Wildman–Crippen LogP) is 10.0. The fraction of sp³-hybridized carbons (Fsp3) is 0. The van der Waals surface area contributed by atoms with Gasteiger partial charge in [-0.25, -0.2) is 15.0 Å². The lowest BCUT2D eigenvalue weighted by Crippen LogP contribution is -2.01. The first kappa shape index (κ1) is 22.6. The van der Waals surface area contributed by atoms with E-state index in [2.05, 4.69) is 91.0 Å². The molecule has 0 spiro atoms. The summed E-state index contributed by atoms with van der Waals surface area (Å²) in [6.45, 7) is 0. The van der Waals surface area contributed by atoms with Crippen molar-refractivity contribution in [3.8, 4) is 56.4 Å². The van der Waals surface area contributed by atoms with Crippen LogP contribution in [-0.4, -0.2) is 15.0 Å². The van der Waals surface area contributed by atoms with Crippen LogP contribution in [0.4, 0.5) is 0 Å². The van der Waals surface area contributed by atoms with Crippen molar-refractivity contribution in [3.05, 3.63) is 127 Å². The molecule has 190 valence electrons. The van der Waals surface area contributed by atoms with Crippen molar-refractivity contribution < 1.29 is 0 Å². The van der Waals surface area contributed by atoms with E-state index < -0.39 is 0 Å². The summed E-state index contributed by atoms with van der Waals surface area (Å²) in [5.74, 6) is 2.05. The minimum atomic E-state index is 0.675. The summed E-state index contributed by atoms with van der Waals surface area (Å²) in [5, 5.41) is 4.99. The summed E-state index contributed by atoms with van der Waals surface area (Å²) >= 11 is 1.83. The average molecular weight is 540 g/mol. The van der Waals surface area contributed by atoms with E-state index in [4.69, 9.17) is 15.0 Å². The molecule has 3 nitrogen and oxygen atoms in total. The Morgan fingerprint density at radius 1 is 0.415 bits per heavy atom. The highest BCUT2D eigenvalue weighted by Gasteiger charge is 2.29. The van der Waals surface area contributed by atoms with Gasteiger partial charge < -0.3 is 0 Å².